The molecule has 16 heteroatoms. The number of carbonyl (C=O) groups excluding carboxylic acids is 4. The Morgan fingerprint density at radius 3 is 1.64 bits per heavy atom. The molecule has 0 aliphatic rings. The number of phenolic OH excluding ortho intramolecular Hbond substituents is 1. The van der Waals surface area contributed by atoms with Gasteiger partial charge in [-0.2, -0.15) is 12.6 Å². The molecule has 2 rings (SSSR count). The van der Waals surface area contributed by atoms with Gasteiger partial charge in [0.05, 0.1) is 6.61 Å². The minimum Gasteiger partial charge on any atom is -0.508 e. The van der Waals surface area contributed by atoms with Crippen LogP contribution in [0.4, 0.5) is 0 Å². The second-order valence-corrected chi connectivity index (χ2v) is 10.4. The number of carboxylic acid groups (broad SMARTS) is 2. The highest BCUT2D eigenvalue weighted by molar-refractivity contribution is 7.80. The van der Waals surface area contributed by atoms with Crippen LogP contribution in [0.5, 0.6) is 5.75 Å². The fourth-order valence-electron chi connectivity index (χ4n) is 4.04. The van der Waals surface area contributed by atoms with Gasteiger partial charge >= 0.3 is 11.9 Å². The molecule has 0 unspecified atom stereocenters. The monoisotopic (exact) mass is 647 g/mol. The molecule has 0 fully saturated rings. The average molecular weight is 648 g/mol. The Balaban J connectivity index is 2.35. The number of thiol groups is 1. The lowest BCUT2D eigenvalue weighted by Crippen LogP contribution is -2.59. The number of aromatic hydroxyl groups is 1. The van der Waals surface area contributed by atoms with Crippen molar-refractivity contribution in [2.75, 3.05) is 12.4 Å². The van der Waals surface area contributed by atoms with Crippen LogP contribution in [0.15, 0.2) is 54.6 Å². The molecule has 244 valence electrons. The number of nitrogens with two attached hydrogens (primary N) is 1. The molecular formula is C29H37N5O10S. The van der Waals surface area contributed by atoms with Crippen LogP contribution in [0.3, 0.4) is 0 Å². The van der Waals surface area contributed by atoms with E-state index in [0.717, 1.165) is 0 Å². The van der Waals surface area contributed by atoms with E-state index in [2.05, 4.69) is 33.9 Å². The lowest BCUT2D eigenvalue weighted by Gasteiger charge is -2.26. The minimum absolute atomic E-state index is 0.0456. The molecular weight excluding hydrogens is 610 g/mol. The van der Waals surface area contributed by atoms with Gasteiger partial charge in [-0.25, -0.2) is 4.79 Å². The van der Waals surface area contributed by atoms with Crippen LogP contribution in [-0.2, 0) is 41.6 Å². The second kappa shape index (κ2) is 18.2. The fraction of sp³-hybridized carbons (Fsp3) is 0.379. The summed E-state index contributed by atoms with van der Waals surface area (Å²) in [5.41, 5.74) is 6.69. The normalized spacial score (nSPS) is 14.1. The van der Waals surface area contributed by atoms with E-state index in [0.29, 0.717) is 11.1 Å². The van der Waals surface area contributed by atoms with Gasteiger partial charge in [0.1, 0.15) is 36.0 Å². The third kappa shape index (κ3) is 12.5. The standard InChI is InChI=1S/C29H37N5O10S/c30-19(14-35)25(39)32-21(12-16-4-2-1-3-5-16)27(41)31-20(10-11-24(37)38)26(40)33-22(13-17-6-8-18(36)9-7-17)28(42)34-23(15-45)29(43)44/h1-9,19-23,35-36,45H,10-15,30H2,(H,31,41)(H,32,39)(H,33,40)(H,34,42)(H,37,38)(H,43,44)/t19-,20-,21-,22-,23-/m0/s1. The molecule has 0 saturated carbocycles. The van der Waals surface area contributed by atoms with Crippen molar-refractivity contribution in [2.24, 2.45) is 5.73 Å². The molecule has 5 atom stereocenters. The number of aliphatic hydroxyl groups excluding tert-OH is 1. The zero-order valence-electron chi connectivity index (χ0n) is 24.1. The topological polar surface area (TPSA) is 257 Å². The molecule has 0 radical (unpaired) electrons. The summed E-state index contributed by atoms with van der Waals surface area (Å²) in [6, 6.07) is 7.25. The van der Waals surface area contributed by atoms with Crippen LogP contribution in [0.2, 0.25) is 0 Å². The molecule has 0 spiro atoms. The smallest absolute Gasteiger partial charge is 0.327 e. The van der Waals surface area contributed by atoms with E-state index in [1.165, 1.54) is 24.3 Å². The Morgan fingerprint density at radius 1 is 0.689 bits per heavy atom. The first-order chi connectivity index (χ1) is 21.3. The van der Waals surface area contributed by atoms with E-state index in [9.17, 15) is 49.2 Å². The van der Waals surface area contributed by atoms with Gasteiger partial charge in [-0.3, -0.25) is 24.0 Å². The van der Waals surface area contributed by atoms with E-state index < -0.39 is 85.2 Å². The van der Waals surface area contributed by atoms with Crippen LogP contribution in [0.25, 0.3) is 0 Å². The first kappa shape index (κ1) is 36.5. The van der Waals surface area contributed by atoms with Gasteiger partial charge in [-0.05, 0) is 29.7 Å². The minimum atomic E-state index is -1.51. The predicted molar refractivity (Wildman–Crippen MR) is 163 cm³/mol. The van der Waals surface area contributed by atoms with Crippen molar-refractivity contribution in [1.29, 1.82) is 0 Å². The molecule has 0 bridgehead atoms. The lowest BCUT2D eigenvalue weighted by molar-refractivity contribution is -0.141. The van der Waals surface area contributed by atoms with Gasteiger partial charge in [-0.15, -0.1) is 0 Å². The van der Waals surface area contributed by atoms with Crippen molar-refractivity contribution in [1.82, 2.24) is 21.3 Å². The number of benzene rings is 2. The Morgan fingerprint density at radius 2 is 1.16 bits per heavy atom. The molecule has 0 aliphatic carbocycles. The van der Waals surface area contributed by atoms with Gasteiger partial charge in [-0.1, -0.05) is 42.5 Å². The Hall–Kier alpha value is -4.67. The van der Waals surface area contributed by atoms with E-state index in [1.54, 1.807) is 30.3 Å². The van der Waals surface area contributed by atoms with E-state index in [-0.39, 0.29) is 24.3 Å². The summed E-state index contributed by atoms with van der Waals surface area (Å²) in [4.78, 5) is 75.3. The average Bonchev–Trinajstić information content (AvgIpc) is 3.01. The number of hydrogen-bond donors (Lipinski definition) is 10. The number of carbonyl (C=O) groups is 6. The SMILES string of the molecule is N[C@@H](CO)C(=O)N[C@@H](Cc1ccccc1)C(=O)N[C@@H](CCC(=O)O)C(=O)N[C@@H](Cc1ccc(O)cc1)C(=O)N[C@@H](CS)C(=O)O. The number of rotatable bonds is 18. The Labute approximate surface area is 264 Å². The van der Waals surface area contributed by atoms with Gasteiger partial charge in [0.2, 0.25) is 23.6 Å². The number of hydrogen-bond acceptors (Lipinski definition) is 10. The summed E-state index contributed by atoms with van der Waals surface area (Å²) in [5.74, 6) is -6.53. The molecule has 45 heavy (non-hydrogen) atoms. The molecule has 2 aromatic rings. The van der Waals surface area contributed by atoms with Crippen LogP contribution in [0, 0.1) is 0 Å². The molecule has 2 aromatic carbocycles. The van der Waals surface area contributed by atoms with Gasteiger partial charge in [0.15, 0.2) is 0 Å². The van der Waals surface area contributed by atoms with Crippen LogP contribution >= 0.6 is 12.6 Å². The zero-order chi connectivity index (χ0) is 33.5. The number of aliphatic carboxylic acids is 2. The number of phenols is 1. The van der Waals surface area contributed by atoms with Crippen LogP contribution in [0.1, 0.15) is 24.0 Å². The predicted octanol–water partition coefficient (Wildman–Crippen LogP) is -1.68. The molecule has 0 aromatic heterocycles. The number of amides is 4. The fourth-order valence-corrected chi connectivity index (χ4v) is 4.28. The lowest BCUT2D eigenvalue weighted by atomic mass is 10.0. The summed E-state index contributed by atoms with van der Waals surface area (Å²) < 4.78 is 0. The first-order valence-electron chi connectivity index (χ1n) is 13.8. The highest BCUT2D eigenvalue weighted by Crippen LogP contribution is 2.13. The summed E-state index contributed by atoms with van der Waals surface area (Å²) in [7, 11) is 0. The number of nitrogens with one attached hydrogen (secondary N) is 4. The molecule has 10 N–H and O–H groups in total. The quantitative estimate of drug-likeness (QED) is 0.0817. The highest BCUT2D eigenvalue weighted by Gasteiger charge is 2.32. The third-order valence-electron chi connectivity index (χ3n) is 6.54. The third-order valence-corrected chi connectivity index (χ3v) is 6.90. The first-order valence-corrected chi connectivity index (χ1v) is 14.4. The van der Waals surface area contributed by atoms with Crippen molar-refractivity contribution < 1.29 is 49.2 Å². The van der Waals surface area contributed by atoms with Crippen molar-refractivity contribution >= 4 is 48.2 Å². The number of carboxylic acids is 2. The van der Waals surface area contributed by atoms with Crippen LogP contribution < -0.4 is 27.0 Å². The van der Waals surface area contributed by atoms with Crippen molar-refractivity contribution in [3.05, 3.63) is 65.7 Å². The van der Waals surface area contributed by atoms with E-state index >= 15 is 0 Å². The maximum absolute atomic E-state index is 13.5. The molecule has 0 saturated heterocycles. The summed E-state index contributed by atoms with van der Waals surface area (Å²) in [6.07, 6.45) is -1.17. The van der Waals surface area contributed by atoms with E-state index in [4.69, 9.17) is 5.73 Å². The Kier molecular flexibility index (Phi) is 14.8. The van der Waals surface area contributed by atoms with Gasteiger partial charge < -0.3 is 47.4 Å². The van der Waals surface area contributed by atoms with E-state index in [1.807, 2.05) is 0 Å². The molecule has 4 amide bonds. The maximum atomic E-state index is 13.5. The molecule has 0 aliphatic heterocycles. The summed E-state index contributed by atoms with van der Waals surface area (Å²) >= 11 is 3.93. The zero-order valence-corrected chi connectivity index (χ0v) is 25.0. The maximum Gasteiger partial charge on any atom is 0.327 e. The highest BCUT2D eigenvalue weighted by atomic mass is 32.1. The van der Waals surface area contributed by atoms with Crippen LogP contribution in [-0.4, -0.2) is 98.6 Å². The summed E-state index contributed by atoms with van der Waals surface area (Å²) in [5, 5.41) is 47.1. The second-order valence-electron chi connectivity index (χ2n) is 10.0. The van der Waals surface area contributed by atoms with Gasteiger partial charge in [0, 0.05) is 25.0 Å². The van der Waals surface area contributed by atoms with Gasteiger partial charge in [0.25, 0.3) is 0 Å². The number of aliphatic hydroxyl groups is 1. The van der Waals surface area contributed by atoms with Crippen molar-refractivity contribution in [2.45, 2.75) is 55.9 Å². The molecule has 0 heterocycles. The van der Waals surface area contributed by atoms with Crippen molar-refractivity contribution in [3.63, 3.8) is 0 Å². The summed E-state index contributed by atoms with van der Waals surface area (Å²) in [6.45, 7) is -0.699. The Bertz CT molecular complexity index is 1330. The molecule has 15 nitrogen and oxygen atoms in total. The largest absolute Gasteiger partial charge is 0.508 e. The van der Waals surface area contributed by atoms with Crippen molar-refractivity contribution in [3.8, 4) is 5.75 Å².